The van der Waals surface area contributed by atoms with Crippen LogP contribution in [0.25, 0.3) is 0 Å². The van der Waals surface area contributed by atoms with Gasteiger partial charge in [0.2, 0.25) is 5.91 Å². The molecule has 1 aromatic carbocycles. The molecule has 0 saturated carbocycles. The third kappa shape index (κ3) is 2.61. The van der Waals surface area contributed by atoms with Crippen LogP contribution in [0.1, 0.15) is 43.4 Å². The summed E-state index contributed by atoms with van der Waals surface area (Å²) in [5, 5.41) is 13.5. The van der Waals surface area contributed by atoms with Crippen molar-refractivity contribution in [1.82, 2.24) is 0 Å². The second-order valence-corrected chi connectivity index (χ2v) is 4.85. The highest BCUT2D eigenvalue weighted by Crippen LogP contribution is 2.35. The lowest BCUT2D eigenvalue weighted by Gasteiger charge is -2.15. The zero-order valence-electron chi connectivity index (χ0n) is 9.79. The van der Waals surface area contributed by atoms with Gasteiger partial charge in [-0.05, 0) is 24.1 Å². The number of carbonyl (C=O) groups excluding carboxylic acids is 1. The largest absolute Gasteiger partial charge is 0.388 e. The molecule has 2 rings (SSSR count). The minimum Gasteiger partial charge on any atom is -0.388 e. The number of aliphatic hydroxyl groups is 1. The van der Waals surface area contributed by atoms with Crippen molar-refractivity contribution in [2.45, 2.75) is 38.7 Å². The van der Waals surface area contributed by atoms with Gasteiger partial charge in [0, 0.05) is 10.6 Å². The van der Waals surface area contributed by atoms with Gasteiger partial charge in [-0.15, -0.1) is 0 Å². The lowest BCUT2D eigenvalue weighted by Crippen LogP contribution is -2.07. The Morgan fingerprint density at radius 3 is 3.00 bits per heavy atom. The van der Waals surface area contributed by atoms with Gasteiger partial charge in [-0.25, -0.2) is 0 Å². The van der Waals surface area contributed by atoms with E-state index >= 15 is 0 Å². The SMILES string of the molecule is CCCCC(O)c1cc(Cl)cc2c1NC(=O)C2. The first-order valence-electron chi connectivity index (χ1n) is 5.92. The summed E-state index contributed by atoms with van der Waals surface area (Å²) >= 11 is 6.00. The van der Waals surface area contributed by atoms with Crippen LogP contribution in [-0.4, -0.2) is 11.0 Å². The number of carbonyl (C=O) groups is 1. The van der Waals surface area contributed by atoms with Crippen molar-refractivity contribution in [3.05, 3.63) is 28.3 Å². The highest BCUT2D eigenvalue weighted by Gasteiger charge is 2.24. The van der Waals surface area contributed by atoms with Gasteiger partial charge >= 0.3 is 0 Å². The van der Waals surface area contributed by atoms with Gasteiger partial charge in [0.25, 0.3) is 0 Å². The van der Waals surface area contributed by atoms with Crippen molar-refractivity contribution in [2.75, 3.05) is 5.32 Å². The summed E-state index contributed by atoms with van der Waals surface area (Å²) in [5.41, 5.74) is 2.38. The lowest BCUT2D eigenvalue weighted by atomic mass is 9.99. The van der Waals surface area contributed by atoms with Crippen LogP contribution in [0.2, 0.25) is 5.02 Å². The molecule has 3 nitrogen and oxygen atoms in total. The molecule has 0 aliphatic carbocycles. The van der Waals surface area contributed by atoms with Crippen LogP contribution < -0.4 is 5.32 Å². The molecule has 92 valence electrons. The molecule has 1 amide bonds. The third-order valence-electron chi connectivity index (χ3n) is 3.02. The van der Waals surface area contributed by atoms with E-state index in [1.807, 2.05) is 0 Å². The Labute approximate surface area is 106 Å². The van der Waals surface area contributed by atoms with Crippen LogP contribution in [0.15, 0.2) is 12.1 Å². The molecular weight excluding hydrogens is 238 g/mol. The van der Waals surface area contributed by atoms with Crippen LogP contribution in [0.3, 0.4) is 0 Å². The van der Waals surface area contributed by atoms with Gasteiger partial charge in [0.15, 0.2) is 0 Å². The zero-order valence-corrected chi connectivity index (χ0v) is 10.5. The molecule has 1 unspecified atom stereocenters. The summed E-state index contributed by atoms with van der Waals surface area (Å²) < 4.78 is 0. The molecule has 0 fully saturated rings. The summed E-state index contributed by atoms with van der Waals surface area (Å²) in [6, 6.07) is 3.52. The fourth-order valence-corrected chi connectivity index (χ4v) is 2.40. The monoisotopic (exact) mass is 253 g/mol. The maximum Gasteiger partial charge on any atom is 0.228 e. The number of amides is 1. The highest BCUT2D eigenvalue weighted by atomic mass is 35.5. The number of aliphatic hydroxyl groups excluding tert-OH is 1. The fraction of sp³-hybridized carbons (Fsp3) is 0.462. The molecule has 1 aromatic rings. The van der Waals surface area contributed by atoms with E-state index in [4.69, 9.17) is 11.6 Å². The number of rotatable bonds is 4. The second kappa shape index (κ2) is 5.07. The Bertz CT molecular complexity index is 445. The Morgan fingerprint density at radius 2 is 2.29 bits per heavy atom. The number of hydrogen-bond donors (Lipinski definition) is 2. The topological polar surface area (TPSA) is 49.3 Å². The van der Waals surface area contributed by atoms with Gasteiger partial charge in [-0.1, -0.05) is 31.4 Å². The molecule has 0 saturated heterocycles. The van der Waals surface area contributed by atoms with Crippen LogP contribution in [0.4, 0.5) is 5.69 Å². The summed E-state index contributed by atoms with van der Waals surface area (Å²) in [4.78, 5) is 11.4. The van der Waals surface area contributed by atoms with Crippen molar-refractivity contribution in [1.29, 1.82) is 0 Å². The number of benzene rings is 1. The minimum atomic E-state index is -0.555. The van der Waals surface area contributed by atoms with E-state index < -0.39 is 6.10 Å². The van der Waals surface area contributed by atoms with E-state index in [9.17, 15) is 9.90 Å². The first kappa shape index (κ1) is 12.4. The van der Waals surface area contributed by atoms with Gasteiger partial charge in [-0.2, -0.15) is 0 Å². The van der Waals surface area contributed by atoms with Crippen LogP contribution in [0.5, 0.6) is 0 Å². The molecule has 1 aliphatic rings. The van der Waals surface area contributed by atoms with Crippen LogP contribution in [-0.2, 0) is 11.2 Å². The zero-order chi connectivity index (χ0) is 12.4. The molecule has 2 N–H and O–H groups in total. The summed E-state index contributed by atoms with van der Waals surface area (Å²) in [6.07, 6.45) is 2.48. The Morgan fingerprint density at radius 1 is 1.53 bits per heavy atom. The minimum absolute atomic E-state index is 0.0359. The molecule has 1 heterocycles. The molecule has 17 heavy (non-hydrogen) atoms. The fourth-order valence-electron chi connectivity index (χ4n) is 2.15. The number of fused-ring (bicyclic) bond motifs is 1. The van der Waals surface area contributed by atoms with E-state index in [0.29, 0.717) is 17.9 Å². The number of hydrogen-bond acceptors (Lipinski definition) is 2. The Kier molecular flexibility index (Phi) is 3.69. The van der Waals surface area contributed by atoms with Crippen molar-refractivity contribution in [2.24, 2.45) is 0 Å². The van der Waals surface area contributed by atoms with Gasteiger partial charge in [-0.3, -0.25) is 4.79 Å². The molecule has 4 heteroatoms. The van der Waals surface area contributed by atoms with E-state index in [2.05, 4.69) is 12.2 Å². The van der Waals surface area contributed by atoms with Crippen molar-refractivity contribution in [3.63, 3.8) is 0 Å². The normalized spacial score (nSPS) is 15.6. The molecule has 0 spiro atoms. The maximum atomic E-state index is 11.4. The van der Waals surface area contributed by atoms with E-state index in [1.165, 1.54) is 0 Å². The van der Waals surface area contributed by atoms with Crippen molar-refractivity contribution < 1.29 is 9.90 Å². The number of nitrogens with one attached hydrogen (secondary N) is 1. The molecule has 1 atom stereocenters. The number of halogens is 1. The Hall–Kier alpha value is -1.06. The first-order chi connectivity index (χ1) is 8.11. The van der Waals surface area contributed by atoms with Crippen LogP contribution in [0, 0.1) is 0 Å². The predicted octanol–water partition coefficient (Wildman–Crippen LogP) is 3.06. The van der Waals surface area contributed by atoms with E-state index in [-0.39, 0.29) is 5.91 Å². The molecular formula is C13H16ClNO2. The number of unbranched alkanes of at least 4 members (excludes halogenated alkanes) is 1. The molecule has 1 aliphatic heterocycles. The molecule has 0 radical (unpaired) electrons. The van der Waals surface area contributed by atoms with E-state index in [1.54, 1.807) is 12.1 Å². The smallest absolute Gasteiger partial charge is 0.228 e. The average molecular weight is 254 g/mol. The maximum absolute atomic E-state index is 11.4. The van der Waals surface area contributed by atoms with Crippen molar-refractivity contribution in [3.8, 4) is 0 Å². The molecule has 0 aromatic heterocycles. The van der Waals surface area contributed by atoms with Gasteiger partial charge in [0.05, 0.1) is 18.2 Å². The standard InChI is InChI=1S/C13H16ClNO2/c1-2-3-4-11(16)10-7-9(14)5-8-6-12(17)15-13(8)10/h5,7,11,16H,2-4,6H2,1H3,(H,15,17). The number of anilines is 1. The third-order valence-corrected chi connectivity index (χ3v) is 3.24. The summed E-state index contributed by atoms with van der Waals surface area (Å²) in [6.45, 7) is 2.08. The van der Waals surface area contributed by atoms with Gasteiger partial charge < -0.3 is 10.4 Å². The molecule has 0 bridgehead atoms. The first-order valence-corrected chi connectivity index (χ1v) is 6.30. The predicted molar refractivity (Wildman–Crippen MR) is 68.3 cm³/mol. The highest BCUT2D eigenvalue weighted by molar-refractivity contribution is 6.31. The van der Waals surface area contributed by atoms with Gasteiger partial charge in [0.1, 0.15) is 0 Å². The van der Waals surface area contributed by atoms with E-state index in [0.717, 1.165) is 29.7 Å². The average Bonchev–Trinajstić information content (AvgIpc) is 2.64. The lowest BCUT2D eigenvalue weighted by molar-refractivity contribution is -0.115. The Balaban J connectivity index is 2.31. The summed E-state index contributed by atoms with van der Waals surface area (Å²) in [5.74, 6) is -0.0359. The summed E-state index contributed by atoms with van der Waals surface area (Å²) in [7, 11) is 0. The quantitative estimate of drug-likeness (QED) is 0.867. The van der Waals surface area contributed by atoms with Crippen LogP contribution >= 0.6 is 11.6 Å². The second-order valence-electron chi connectivity index (χ2n) is 4.41. The van der Waals surface area contributed by atoms with Crippen molar-refractivity contribution >= 4 is 23.2 Å².